The number of carbonyl (C=O) groups is 2. The summed E-state index contributed by atoms with van der Waals surface area (Å²) in [5.41, 5.74) is 3.36. The van der Waals surface area contributed by atoms with E-state index in [1.54, 1.807) is 12.4 Å². The summed E-state index contributed by atoms with van der Waals surface area (Å²) in [6.07, 6.45) is 5.93. The van der Waals surface area contributed by atoms with Gasteiger partial charge in [0, 0.05) is 51.2 Å². The monoisotopic (exact) mass is 351 g/mol. The van der Waals surface area contributed by atoms with Gasteiger partial charge in [0.05, 0.1) is 23.8 Å². The number of H-pyrrole nitrogens is 1. The number of nitrogens with zero attached hydrogens (tertiary/aromatic N) is 4. The number of piperazine rings is 1. The van der Waals surface area contributed by atoms with Crippen molar-refractivity contribution in [3.8, 4) is 0 Å². The number of amides is 2. The zero-order chi connectivity index (χ0) is 18.1. The summed E-state index contributed by atoms with van der Waals surface area (Å²) in [6, 6.07) is 7.44. The fourth-order valence-corrected chi connectivity index (χ4v) is 3.36. The SMILES string of the molecule is Cn1ccc(CC(=O)N2CCN(C(=O)c3ccc4nc[nH]c4c3)CC2)c1. The number of rotatable bonds is 3. The van der Waals surface area contributed by atoms with E-state index < -0.39 is 0 Å². The molecule has 0 unspecified atom stereocenters. The van der Waals surface area contributed by atoms with Crippen LogP contribution in [0.1, 0.15) is 15.9 Å². The molecule has 1 aromatic carbocycles. The van der Waals surface area contributed by atoms with Crippen molar-refractivity contribution >= 4 is 22.8 Å². The lowest BCUT2D eigenvalue weighted by atomic mass is 10.1. The van der Waals surface area contributed by atoms with Gasteiger partial charge in [0.1, 0.15) is 0 Å². The van der Waals surface area contributed by atoms with E-state index >= 15 is 0 Å². The van der Waals surface area contributed by atoms with Gasteiger partial charge < -0.3 is 19.4 Å². The number of imidazole rings is 1. The summed E-state index contributed by atoms with van der Waals surface area (Å²) >= 11 is 0. The Morgan fingerprint density at radius 2 is 1.88 bits per heavy atom. The highest BCUT2D eigenvalue weighted by molar-refractivity contribution is 5.97. The maximum absolute atomic E-state index is 12.7. The van der Waals surface area contributed by atoms with Crippen molar-refractivity contribution in [3.05, 3.63) is 54.1 Å². The highest BCUT2D eigenvalue weighted by atomic mass is 16.2. The van der Waals surface area contributed by atoms with Crippen molar-refractivity contribution in [3.63, 3.8) is 0 Å². The van der Waals surface area contributed by atoms with Crippen LogP contribution in [0, 0.1) is 0 Å². The lowest BCUT2D eigenvalue weighted by Gasteiger charge is -2.34. The van der Waals surface area contributed by atoms with Crippen LogP contribution in [0.4, 0.5) is 0 Å². The predicted molar refractivity (Wildman–Crippen MR) is 97.7 cm³/mol. The second-order valence-electron chi connectivity index (χ2n) is 6.67. The van der Waals surface area contributed by atoms with Gasteiger partial charge in [-0.3, -0.25) is 9.59 Å². The molecule has 1 fully saturated rings. The molecule has 1 aliphatic rings. The number of aryl methyl sites for hydroxylation is 1. The first-order valence-corrected chi connectivity index (χ1v) is 8.71. The predicted octanol–water partition coefficient (Wildman–Crippen LogP) is 1.43. The van der Waals surface area contributed by atoms with Gasteiger partial charge >= 0.3 is 0 Å². The van der Waals surface area contributed by atoms with Crippen LogP contribution in [-0.2, 0) is 18.3 Å². The van der Waals surface area contributed by atoms with Crippen LogP contribution >= 0.6 is 0 Å². The number of benzene rings is 1. The molecule has 0 aliphatic carbocycles. The summed E-state index contributed by atoms with van der Waals surface area (Å²) in [5.74, 6) is 0.110. The molecule has 4 rings (SSSR count). The smallest absolute Gasteiger partial charge is 0.254 e. The van der Waals surface area contributed by atoms with Gasteiger partial charge in [0.25, 0.3) is 5.91 Å². The first-order chi connectivity index (χ1) is 12.6. The summed E-state index contributed by atoms with van der Waals surface area (Å²) in [4.78, 5) is 36.0. The van der Waals surface area contributed by atoms with Crippen LogP contribution in [0.3, 0.4) is 0 Å². The van der Waals surface area contributed by atoms with Crippen LogP contribution in [0.2, 0.25) is 0 Å². The van der Waals surface area contributed by atoms with Gasteiger partial charge in [-0.25, -0.2) is 4.98 Å². The Bertz CT molecular complexity index is 950. The summed E-state index contributed by atoms with van der Waals surface area (Å²) in [5, 5.41) is 0. The second kappa shape index (κ2) is 6.67. The summed E-state index contributed by atoms with van der Waals surface area (Å²) < 4.78 is 1.94. The highest BCUT2D eigenvalue weighted by Crippen LogP contribution is 2.15. The zero-order valence-corrected chi connectivity index (χ0v) is 14.7. The number of aromatic amines is 1. The molecule has 7 heteroatoms. The van der Waals surface area contributed by atoms with Gasteiger partial charge in [-0.05, 0) is 29.8 Å². The third-order valence-electron chi connectivity index (χ3n) is 4.84. The molecule has 1 N–H and O–H groups in total. The van der Waals surface area contributed by atoms with Crippen LogP contribution in [0.5, 0.6) is 0 Å². The summed E-state index contributed by atoms with van der Waals surface area (Å²) in [7, 11) is 1.94. The van der Waals surface area contributed by atoms with Crippen molar-refractivity contribution in [2.24, 2.45) is 7.05 Å². The topological polar surface area (TPSA) is 74.2 Å². The Morgan fingerprint density at radius 3 is 2.62 bits per heavy atom. The van der Waals surface area contributed by atoms with Crippen molar-refractivity contribution in [2.75, 3.05) is 26.2 Å². The number of hydrogen-bond acceptors (Lipinski definition) is 3. The lowest BCUT2D eigenvalue weighted by molar-refractivity contribution is -0.131. The van der Waals surface area contributed by atoms with Gasteiger partial charge in [-0.1, -0.05) is 0 Å². The van der Waals surface area contributed by atoms with Crippen molar-refractivity contribution in [1.29, 1.82) is 0 Å². The molecule has 1 aliphatic heterocycles. The standard InChI is InChI=1S/C19H21N5O2/c1-22-5-4-14(12-22)10-18(25)23-6-8-24(9-7-23)19(26)15-2-3-16-17(11-15)21-13-20-16/h2-5,11-13H,6-10H2,1H3,(H,20,21). The summed E-state index contributed by atoms with van der Waals surface area (Å²) in [6.45, 7) is 2.26. The molecule has 134 valence electrons. The number of nitrogens with one attached hydrogen (secondary N) is 1. The second-order valence-corrected chi connectivity index (χ2v) is 6.67. The largest absolute Gasteiger partial charge is 0.357 e. The molecule has 3 aromatic rings. The van der Waals surface area contributed by atoms with E-state index in [1.807, 2.05) is 52.0 Å². The van der Waals surface area contributed by atoms with E-state index in [1.165, 1.54) is 0 Å². The number of aromatic nitrogens is 3. The van der Waals surface area contributed by atoms with Crippen LogP contribution in [0.25, 0.3) is 11.0 Å². The van der Waals surface area contributed by atoms with Gasteiger partial charge in [-0.15, -0.1) is 0 Å². The normalized spacial score (nSPS) is 14.8. The maximum atomic E-state index is 12.7. The van der Waals surface area contributed by atoms with Gasteiger partial charge in [-0.2, -0.15) is 0 Å². The van der Waals surface area contributed by atoms with E-state index in [9.17, 15) is 9.59 Å². The average Bonchev–Trinajstić information content (AvgIpc) is 3.29. The Balaban J connectivity index is 1.36. The Morgan fingerprint density at radius 1 is 1.12 bits per heavy atom. The molecule has 7 nitrogen and oxygen atoms in total. The van der Waals surface area contributed by atoms with Crippen molar-refractivity contribution in [2.45, 2.75) is 6.42 Å². The molecular weight excluding hydrogens is 330 g/mol. The van der Waals surface area contributed by atoms with Crippen molar-refractivity contribution < 1.29 is 9.59 Å². The first kappa shape index (κ1) is 16.4. The van der Waals surface area contributed by atoms with Crippen LogP contribution in [-0.4, -0.2) is 62.3 Å². The molecule has 3 heterocycles. The minimum atomic E-state index is -0.00309. The number of carbonyl (C=O) groups excluding carboxylic acids is 2. The number of hydrogen-bond donors (Lipinski definition) is 1. The van der Waals surface area contributed by atoms with Crippen LogP contribution in [0.15, 0.2) is 43.0 Å². The van der Waals surface area contributed by atoms with E-state index in [2.05, 4.69) is 9.97 Å². The molecule has 26 heavy (non-hydrogen) atoms. The van der Waals surface area contributed by atoms with E-state index in [-0.39, 0.29) is 11.8 Å². The van der Waals surface area contributed by atoms with Crippen LogP contribution < -0.4 is 0 Å². The third-order valence-corrected chi connectivity index (χ3v) is 4.84. The van der Waals surface area contributed by atoms with E-state index in [4.69, 9.17) is 0 Å². The minimum Gasteiger partial charge on any atom is -0.357 e. The molecule has 0 spiro atoms. The van der Waals surface area contributed by atoms with E-state index in [0.717, 1.165) is 16.6 Å². The molecule has 2 aromatic heterocycles. The first-order valence-electron chi connectivity index (χ1n) is 8.71. The maximum Gasteiger partial charge on any atom is 0.254 e. The average molecular weight is 351 g/mol. The zero-order valence-electron chi connectivity index (χ0n) is 14.7. The highest BCUT2D eigenvalue weighted by Gasteiger charge is 2.25. The molecule has 0 atom stereocenters. The Kier molecular flexibility index (Phi) is 4.20. The fraction of sp³-hybridized carbons (Fsp3) is 0.316. The minimum absolute atomic E-state index is 0.00309. The molecule has 0 saturated carbocycles. The fourth-order valence-electron chi connectivity index (χ4n) is 3.36. The van der Waals surface area contributed by atoms with Gasteiger partial charge in [0.15, 0.2) is 0 Å². The van der Waals surface area contributed by atoms with Gasteiger partial charge in [0.2, 0.25) is 5.91 Å². The third kappa shape index (κ3) is 3.20. The molecular formula is C19H21N5O2. The molecule has 0 bridgehead atoms. The molecule has 2 amide bonds. The Hall–Kier alpha value is -3.09. The molecule has 1 saturated heterocycles. The molecule has 0 radical (unpaired) electrons. The van der Waals surface area contributed by atoms with E-state index in [0.29, 0.717) is 38.2 Å². The van der Waals surface area contributed by atoms with Crippen molar-refractivity contribution in [1.82, 2.24) is 24.3 Å². The quantitative estimate of drug-likeness (QED) is 0.776. The Labute approximate surface area is 151 Å². The number of fused-ring (bicyclic) bond motifs is 1. The lowest BCUT2D eigenvalue weighted by Crippen LogP contribution is -2.51.